The van der Waals surface area contributed by atoms with Crippen LogP contribution in [0.3, 0.4) is 0 Å². The van der Waals surface area contributed by atoms with Crippen LogP contribution in [0.25, 0.3) is 10.4 Å². The highest BCUT2D eigenvalue weighted by atomic mass is 35.5. The Hall–Kier alpha value is -1.62. The summed E-state index contributed by atoms with van der Waals surface area (Å²) in [6.07, 6.45) is 0.631. The smallest absolute Gasteiger partial charge is 0.0531 e. The lowest BCUT2D eigenvalue weighted by Crippen LogP contribution is -1.75. The molecule has 0 fully saturated rings. The predicted octanol–water partition coefficient (Wildman–Crippen LogP) is 3.61. The van der Waals surface area contributed by atoms with Gasteiger partial charge in [-0.25, -0.2) is 0 Å². The van der Waals surface area contributed by atoms with Crippen molar-refractivity contribution < 1.29 is 0 Å². The molecule has 0 aromatic heterocycles. The first kappa shape index (κ1) is 10.5. The normalized spacial score (nSPS) is 8.36. The maximum Gasteiger partial charge on any atom is 0.0531 e. The molecule has 0 N–H and O–H groups in total. The van der Waals surface area contributed by atoms with Crippen LogP contribution in [0.2, 0.25) is 0 Å². The van der Waals surface area contributed by atoms with Crippen molar-refractivity contribution in [1.29, 1.82) is 0 Å². The van der Waals surface area contributed by atoms with Crippen LogP contribution >= 0.6 is 11.6 Å². The van der Waals surface area contributed by atoms with E-state index < -0.39 is 0 Å². The summed E-state index contributed by atoms with van der Waals surface area (Å²) < 4.78 is 0. The lowest BCUT2D eigenvalue weighted by Gasteiger charge is -1.94. The van der Waals surface area contributed by atoms with Crippen molar-refractivity contribution in [2.24, 2.45) is 5.11 Å². The molecule has 0 spiro atoms. The highest BCUT2D eigenvalue weighted by Gasteiger charge is 1.93. The molecular formula is C10H8ClN3. The van der Waals surface area contributed by atoms with Crippen LogP contribution < -0.4 is 0 Å². The molecule has 0 amide bonds. The van der Waals surface area contributed by atoms with Gasteiger partial charge in [-0.15, -0.1) is 11.6 Å². The van der Waals surface area contributed by atoms with Gasteiger partial charge < -0.3 is 0 Å². The zero-order valence-electron chi connectivity index (χ0n) is 7.44. The molecule has 0 bridgehead atoms. The van der Waals surface area contributed by atoms with Crippen LogP contribution in [-0.2, 0) is 0 Å². The number of hydrogen-bond donors (Lipinski definition) is 0. The lowest BCUT2D eigenvalue weighted by molar-refractivity contribution is 1.29. The summed E-state index contributed by atoms with van der Waals surface area (Å²) in [6, 6.07) is 7.19. The first-order valence-electron chi connectivity index (χ1n) is 4.07. The van der Waals surface area contributed by atoms with Gasteiger partial charge in [-0.1, -0.05) is 35.2 Å². The Morgan fingerprint density at radius 3 is 2.93 bits per heavy atom. The highest BCUT2D eigenvalue weighted by molar-refractivity contribution is 6.18. The number of rotatable bonds is 2. The highest BCUT2D eigenvalue weighted by Crippen LogP contribution is 2.17. The molecule has 0 aliphatic rings. The summed E-state index contributed by atoms with van der Waals surface area (Å²) >= 11 is 5.48. The minimum absolute atomic E-state index is 0.511. The van der Waals surface area contributed by atoms with Crippen LogP contribution in [0.4, 0.5) is 5.69 Å². The topological polar surface area (TPSA) is 48.8 Å². The van der Waals surface area contributed by atoms with Gasteiger partial charge in [0.15, 0.2) is 0 Å². The molecule has 0 unspecified atom stereocenters. The van der Waals surface area contributed by atoms with Crippen LogP contribution in [-0.4, -0.2) is 5.88 Å². The van der Waals surface area contributed by atoms with Crippen LogP contribution in [0.1, 0.15) is 12.0 Å². The molecule has 0 aliphatic heterocycles. The van der Waals surface area contributed by atoms with E-state index in [1.807, 2.05) is 12.1 Å². The zero-order valence-corrected chi connectivity index (χ0v) is 8.20. The quantitative estimate of drug-likeness (QED) is 0.233. The molecule has 1 aromatic carbocycles. The van der Waals surface area contributed by atoms with Gasteiger partial charge in [-0.05, 0) is 11.6 Å². The third-order valence-electron chi connectivity index (χ3n) is 1.50. The van der Waals surface area contributed by atoms with Crippen molar-refractivity contribution in [1.82, 2.24) is 0 Å². The minimum atomic E-state index is 0.511. The van der Waals surface area contributed by atoms with Gasteiger partial charge in [-0.3, -0.25) is 0 Å². The molecule has 1 rings (SSSR count). The van der Waals surface area contributed by atoms with Crippen LogP contribution in [0.15, 0.2) is 29.4 Å². The number of hydrogen-bond acceptors (Lipinski definition) is 1. The number of azide groups is 1. The van der Waals surface area contributed by atoms with E-state index in [1.165, 1.54) is 0 Å². The summed E-state index contributed by atoms with van der Waals surface area (Å²) in [6.45, 7) is 0. The number of benzene rings is 1. The Bertz CT molecular complexity index is 411. The molecule has 1 aromatic rings. The van der Waals surface area contributed by atoms with E-state index in [0.717, 1.165) is 5.56 Å². The molecule has 0 radical (unpaired) electrons. The predicted molar refractivity (Wildman–Crippen MR) is 57.5 cm³/mol. The van der Waals surface area contributed by atoms with E-state index in [4.69, 9.17) is 17.1 Å². The first-order chi connectivity index (χ1) is 6.88. The summed E-state index contributed by atoms with van der Waals surface area (Å²) in [5.41, 5.74) is 9.59. The second-order valence-electron chi connectivity index (χ2n) is 2.45. The third-order valence-corrected chi connectivity index (χ3v) is 1.69. The average Bonchev–Trinajstić information content (AvgIpc) is 2.21. The van der Waals surface area contributed by atoms with Crippen molar-refractivity contribution >= 4 is 17.3 Å². The Morgan fingerprint density at radius 1 is 1.43 bits per heavy atom. The van der Waals surface area contributed by atoms with E-state index in [2.05, 4.69) is 21.9 Å². The van der Waals surface area contributed by atoms with Crippen molar-refractivity contribution in [3.63, 3.8) is 0 Å². The third kappa shape index (κ3) is 3.02. The van der Waals surface area contributed by atoms with E-state index in [0.29, 0.717) is 18.0 Å². The average molecular weight is 206 g/mol. The molecule has 4 heteroatoms. The van der Waals surface area contributed by atoms with E-state index in [1.54, 1.807) is 12.1 Å². The van der Waals surface area contributed by atoms with Crippen LogP contribution in [0.5, 0.6) is 0 Å². The van der Waals surface area contributed by atoms with E-state index in [-0.39, 0.29) is 0 Å². The largest absolute Gasteiger partial charge is 0.126 e. The first-order valence-corrected chi connectivity index (χ1v) is 4.61. The monoisotopic (exact) mass is 205 g/mol. The number of halogens is 1. The summed E-state index contributed by atoms with van der Waals surface area (Å²) in [7, 11) is 0. The molecular weight excluding hydrogens is 198 g/mol. The van der Waals surface area contributed by atoms with Crippen molar-refractivity contribution in [3.05, 3.63) is 40.3 Å². The van der Waals surface area contributed by atoms with Gasteiger partial charge in [-0.2, -0.15) is 0 Å². The Morgan fingerprint density at radius 2 is 2.21 bits per heavy atom. The molecule has 0 atom stereocenters. The summed E-state index contributed by atoms with van der Waals surface area (Å²) in [5, 5.41) is 3.53. The maximum atomic E-state index is 8.30. The lowest BCUT2D eigenvalue weighted by atomic mass is 10.2. The molecule has 0 saturated carbocycles. The zero-order chi connectivity index (χ0) is 10.2. The Labute approximate surface area is 87.3 Å². The number of alkyl halides is 1. The number of nitrogens with zero attached hydrogens (tertiary/aromatic N) is 3. The van der Waals surface area contributed by atoms with E-state index >= 15 is 0 Å². The molecule has 0 heterocycles. The van der Waals surface area contributed by atoms with Crippen molar-refractivity contribution in [2.45, 2.75) is 6.42 Å². The molecule has 70 valence electrons. The molecule has 0 aliphatic carbocycles. The second-order valence-corrected chi connectivity index (χ2v) is 2.83. The standard InChI is InChI=1S/C10H8ClN3/c11-8-4-3-6-9-5-1-2-7-10(9)13-14-12/h1-2,5,7H,4,8H2. The van der Waals surface area contributed by atoms with Crippen LogP contribution in [0, 0.1) is 11.8 Å². The summed E-state index contributed by atoms with van der Waals surface area (Å²) in [4.78, 5) is 2.73. The molecule has 0 saturated heterocycles. The van der Waals surface area contributed by atoms with E-state index in [9.17, 15) is 0 Å². The molecule has 14 heavy (non-hydrogen) atoms. The van der Waals surface area contributed by atoms with Gasteiger partial charge in [0, 0.05) is 22.8 Å². The fourth-order valence-electron chi connectivity index (χ4n) is 0.920. The summed E-state index contributed by atoms with van der Waals surface area (Å²) in [5.74, 6) is 6.30. The SMILES string of the molecule is [N-]=[N+]=Nc1ccccc1C#CCCCl. The maximum absolute atomic E-state index is 8.30. The Kier molecular flexibility index (Phi) is 4.43. The minimum Gasteiger partial charge on any atom is -0.126 e. The second kappa shape index (κ2) is 5.93. The fourth-order valence-corrected chi connectivity index (χ4v) is 1.01. The van der Waals surface area contributed by atoms with Gasteiger partial charge in [0.1, 0.15) is 0 Å². The Balaban J connectivity index is 2.97. The van der Waals surface area contributed by atoms with Gasteiger partial charge in [0.2, 0.25) is 0 Å². The van der Waals surface area contributed by atoms with Gasteiger partial charge >= 0.3 is 0 Å². The van der Waals surface area contributed by atoms with Gasteiger partial charge in [0.25, 0.3) is 0 Å². The molecule has 3 nitrogen and oxygen atoms in total. The van der Waals surface area contributed by atoms with Crippen molar-refractivity contribution in [3.8, 4) is 11.8 Å². The van der Waals surface area contributed by atoms with Crippen molar-refractivity contribution in [2.75, 3.05) is 5.88 Å². The van der Waals surface area contributed by atoms with Gasteiger partial charge in [0.05, 0.1) is 5.69 Å². The fraction of sp³-hybridized carbons (Fsp3) is 0.200.